The molecule has 0 aromatic heterocycles. The molecule has 0 bridgehead atoms. The Kier molecular flexibility index (Phi) is 6.20. The summed E-state index contributed by atoms with van der Waals surface area (Å²) in [5, 5.41) is 2.67. The molecule has 3 N–H and O–H groups in total. The molecular weight excluding hydrogens is 186 g/mol. The van der Waals surface area contributed by atoms with Crippen molar-refractivity contribution in [1.82, 2.24) is 5.32 Å². The van der Waals surface area contributed by atoms with Gasteiger partial charge in [-0.05, 0) is 24.8 Å². The van der Waals surface area contributed by atoms with Crippen LogP contribution in [-0.2, 0) is 0 Å². The van der Waals surface area contributed by atoms with E-state index < -0.39 is 6.43 Å². The maximum atomic E-state index is 11.7. The van der Waals surface area contributed by atoms with Crippen LogP contribution in [0.25, 0.3) is 0 Å². The molecule has 0 heterocycles. The molecular formula is C10H22F2N2. The van der Waals surface area contributed by atoms with Crippen LogP contribution in [0.3, 0.4) is 0 Å². The van der Waals surface area contributed by atoms with Crippen LogP contribution in [0, 0.1) is 5.41 Å². The highest BCUT2D eigenvalue weighted by atomic mass is 19.3. The Balaban J connectivity index is 3.40. The molecule has 0 aromatic rings. The minimum Gasteiger partial charge on any atom is -0.328 e. The van der Waals surface area contributed by atoms with E-state index in [1.165, 1.54) is 0 Å². The fraction of sp³-hybridized carbons (Fsp3) is 1.00. The lowest BCUT2D eigenvalue weighted by atomic mass is 9.87. The van der Waals surface area contributed by atoms with Gasteiger partial charge in [0.15, 0.2) is 0 Å². The molecule has 0 amide bonds. The Morgan fingerprint density at radius 2 is 1.86 bits per heavy atom. The molecule has 86 valence electrons. The molecule has 2 nitrogen and oxygen atoms in total. The highest BCUT2D eigenvalue weighted by Gasteiger charge is 2.15. The van der Waals surface area contributed by atoms with Crippen molar-refractivity contribution in [1.29, 1.82) is 0 Å². The predicted molar refractivity (Wildman–Crippen MR) is 55.5 cm³/mol. The lowest BCUT2D eigenvalue weighted by Crippen LogP contribution is -2.31. The largest absolute Gasteiger partial charge is 0.328 e. The van der Waals surface area contributed by atoms with Crippen LogP contribution in [-0.4, -0.2) is 25.6 Å². The zero-order valence-corrected chi connectivity index (χ0v) is 9.32. The molecule has 0 aliphatic rings. The SMILES string of the molecule is CC(C)(C)CC(N)CCNCC(F)F. The van der Waals surface area contributed by atoms with Gasteiger partial charge in [0.25, 0.3) is 6.43 Å². The summed E-state index contributed by atoms with van der Waals surface area (Å²) < 4.78 is 23.5. The second-order valence-corrected chi connectivity index (χ2v) is 4.91. The third kappa shape index (κ3) is 9.86. The van der Waals surface area contributed by atoms with Crippen molar-refractivity contribution in [3.8, 4) is 0 Å². The van der Waals surface area contributed by atoms with Crippen molar-refractivity contribution in [2.45, 2.75) is 46.1 Å². The maximum absolute atomic E-state index is 11.7. The van der Waals surface area contributed by atoms with Crippen molar-refractivity contribution in [3.05, 3.63) is 0 Å². The topological polar surface area (TPSA) is 38.0 Å². The molecule has 0 aliphatic carbocycles. The van der Waals surface area contributed by atoms with Crippen molar-refractivity contribution in [3.63, 3.8) is 0 Å². The summed E-state index contributed by atoms with van der Waals surface area (Å²) in [6.45, 7) is 6.71. The second kappa shape index (κ2) is 6.30. The van der Waals surface area contributed by atoms with Gasteiger partial charge in [0.2, 0.25) is 0 Å². The fourth-order valence-corrected chi connectivity index (χ4v) is 1.39. The fourth-order valence-electron chi connectivity index (χ4n) is 1.39. The third-order valence-corrected chi connectivity index (χ3v) is 1.87. The average molecular weight is 208 g/mol. The molecule has 0 saturated heterocycles. The normalized spacial score (nSPS) is 14.8. The van der Waals surface area contributed by atoms with Gasteiger partial charge in [-0.2, -0.15) is 0 Å². The first kappa shape index (κ1) is 13.8. The highest BCUT2D eigenvalue weighted by Crippen LogP contribution is 2.20. The summed E-state index contributed by atoms with van der Waals surface area (Å²) in [5.74, 6) is 0. The highest BCUT2D eigenvalue weighted by molar-refractivity contribution is 4.72. The maximum Gasteiger partial charge on any atom is 0.250 e. The van der Waals surface area contributed by atoms with Gasteiger partial charge in [-0.3, -0.25) is 0 Å². The molecule has 0 aromatic carbocycles. The summed E-state index contributed by atoms with van der Waals surface area (Å²) >= 11 is 0. The molecule has 14 heavy (non-hydrogen) atoms. The van der Waals surface area contributed by atoms with Crippen LogP contribution in [0.2, 0.25) is 0 Å². The number of rotatable bonds is 6. The van der Waals surface area contributed by atoms with E-state index in [9.17, 15) is 8.78 Å². The van der Waals surface area contributed by atoms with Gasteiger partial charge in [-0.25, -0.2) is 8.78 Å². The summed E-state index contributed by atoms with van der Waals surface area (Å²) in [6.07, 6.45) is -0.596. The molecule has 0 radical (unpaired) electrons. The lowest BCUT2D eigenvalue weighted by molar-refractivity contribution is 0.145. The second-order valence-electron chi connectivity index (χ2n) is 4.91. The van der Waals surface area contributed by atoms with Gasteiger partial charge < -0.3 is 11.1 Å². The minimum absolute atomic E-state index is 0.0974. The monoisotopic (exact) mass is 208 g/mol. The van der Waals surface area contributed by atoms with E-state index in [2.05, 4.69) is 26.1 Å². The van der Waals surface area contributed by atoms with Crippen molar-refractivity contribution in [2.24, 2.45) is 11.1 Å². The Labute approximate surface area is 85.2 Å². The van der Waals surface area contributed by atoms with Gasteiger partial charge in [0, 0.05) is 6.04 Å². The number of hydrogen-bond donors (Lipinski definition) is 2. The van der Waals surface area contributed by atoms with E-state index in [-0.39, 0.29) is 18.0 Å². The van der Waals surface area contributed by atoms with Crippen LogP contribution in [0.4, 0.5) is 8.78 Å². The average Bonchev–Trinajstić information content (AvgIpc) is 1.94. The van der Waals surface area contributed by atoms with Gasteiger partial charge in [-0.15, -0.1) is 0 Å². The summed E-state index contributed by atoms with van der Waals surface area (Å²) in [7, 11) is 0. The molecule has 0 aliphatic heterocycles. The summed E-state index contributed by atoms with van der Waals surface area (Å²) in [4.78, 5) is 0. The third-order valence-electron chi connectivity index (χ3n) is 1.87. The van der Waals surface area contributed by atoms with E-state index >= 15 is 0 Å². The van der Waals surface area contributed by atoms with Crippen molar-refractivity contribution in [2.75, 3.05) is 13.1 Å². The van der Waals surface area contributed by atoms with Gasteiger partial charge in [0.1, 0.15) is 0 Å². The number of nitrogens with one attached hydrogen (secondary N) is 1. The minimum atomic E-state index is -2.27. The van der Waals surface area contributed by atoms with Crippen LogP contribution < -0.4 is 11.1 Å². The van der Waals surface area contributed by atoms with Gasteiger partial charge >= 0.3 is 0 Å². The quantitative estimate of drug-likeness (QED) is 0.655. The smallest absolute Gasteiger partial charge is 0.250 e. The Morgan fingerprint density at radius 3 is 2.29 bits per heavy atom. The number of nitrogens with two attached hydrogens (primary N) is 1. The number of alkyl halides is 2. The van der Waals surface area contributed by atoms with Crippen LogP contribution >= 0.6 is 0 Å². The summed E-state index contributed by atoms with van der Waals surface area (Å²) in [5.41, 5.74) is 6.06. The molecule has 0 spiro atoms. The van der Waals surface area contributed by atoms with E-state index in [0.29, 0.717) is 6.54 Å². The molecule has 0 rings (SSSR count). The van der Waals surface area contributed by atoms with E-state index in [1.54, 1.807) is 0 Å². The zero-order chi connectivity index (χ0) is 11.2. The zero-order valence-electron chi connectivity index (χ0n) is 9.32. The van der Waals surface area contributed by atoms with Crippen molar-refractivity contribution < 1.29 is 8.78 Å². The number of halogens is 2. The van der Waals surface area contributed by atoms with E-state index in [4.69, 9.17) is 5.73 Å². The van der Waals surface area contributed by atoms with E-state index in [1.807, 2.05) is 0 Å². The Morgan fingerprint density at radius 1 is 1.29 bits per heavy atom. The first-order valence-electron chi connectivity index (χ1n) is 5.06. The Bertz CT molecular complexity index is 144. The van der Waals surface area contributed by atoms with Gasteiger partial charge in [-0.1, -0.05) is 20.8 Å². The first-order chi connectivity index (χ1) is 6.31. The summed E-state index contributed by atoms with van der Waals surface area (Å²) in [6, 6.07) is 0.0974. The molecule has 1 unspecified atom stereocenters. The molecule has 4 heteroatoms. The van der Waals surface area contributed by atoms with Crippen LogP contribution in [0.1, 0.15) is 33.6 Å². The molecule has 0 saturated carbocycles. The Hall–Kier alpha value is -0.220. The van der Waals surface area contributed by atoms with Gasteiger partial charge in [0.05, 0.1) is 6.54 Å². The van der Waals surface area contributed by atoms with Crippen LogP contribution in [0.15, 0.2) is 0 Å². The van der Waals surface area contributed by atoms with E-state index in [0.717, 1.165) is 12.8 Å². The predicted octanol–water partition coefficient (Wildman–Crippen LogP) is 1.99. The molecule has 1 atom stereocenters. The number of hydrogen-bond acceptors (Lipinski definition) is 2. The lowest BCUT2D eigenvalue weighted by Gasteiger charge is -2.23. The molecule has 0 fully saturated rings. The van der Waals surface area contributed by atoms with Crippen molar-refractivity contribution >= 4 is 0 Å². The van der Waals surface area contributed by atoms with Crippen LogP contribution in [0.5, 0.6) is 0 Å². The standard InChI is InChI=1S/C10H22F2N2/c1-10(2,3)6-8(13)4-5-14-7-9(11)12/h8-9,14H,4-7,13H2,1-3H3. The first-order valence-corrected chi connectivity index (χ1v) is 5.06.